The van der Waals surface area contributed by atoms with Gasteiger partial charge in [0.1, 0.15) is 0 Å². The monoisotopic (exact) mass is 352 g/mol. The Morgan fingerprint density at radius 3 is 2.52 bits per heavy atom. The zero-order valence-corrected chi connectivity index (χ0v) is 14.6. The first kappa shape index (κ1) is 17.3. The fourth-order valence-corrected chi connectivity index (χ4v) is 2.63. The van der Waals surface area contributed by atoms with E-state index in [2.05, 4.69) is 5.32 Å². The zero-order chi connectivity index (χ0) is 17.2. The van der Waals surface area contributed by atoms with Gasteiger partial charge < -0.3 is 5.32 Å². The maximum atomic E-state index is 12.4. The van der Waals surface area contributed by atoms with Crippen molar-refractivity contribution in [1.82, 2.24) is 0 Å². The van der Waals surface area contributed by atoms with Crippen LogP contribution in [0.3, 0.4) is 0 Å². The van der Waals surface area contributed by atoms with Crippen molar-refractivity contribution in [3.63, 3.8) is 0 Å². The number of hydrogen-bond donors (Lipinski definition) is 1. The average Bonchev–Trinajstić information content (AvgIpc) is 2.49. The second-order valence-corrected chi connectivity index (χ2v) is 7.64. The number of anilines is 2. The van der Waals surface area contributed by atoms with Crippen LogP contribution in [0.5, 0.6) is 0 Å². The summed E-state index contributed by atoms with van der Waals surface area (Å²) in [4.78, 5) is 12.4. The smallest absolute Gasteiger partial charge is 0.255 e. The number of rotatable bonds is 4. The number of benzene rings is 2. The number of nitrogens with zero attached hydrogens (tertiary/aromatic N) is 1. The van der Waals surface area contributed by atoms with Gasteiger partial charge in [0.2, 0.25) is 10.0 Å². The van der Waals surface area contributed by atoms with Gasteiger partial charge >= 0.3 is 0 Å². The van der Waals surface area contributed by atoms with Gasteiger partial charge in [0.05, 0.1) is 11.9 Å². The largest absolute Gasteiger partial charge is 0.322 e. The molecule has 1 N–H and O–H groups in total. The maximum Gasteiger partial charge on any atom is 0.255 e. The highest BCUT2D eigenvalue weighted by atomic mass is 35.5. The van der Waals surface area contributed by atoms with Crippen LogP contribution in [0.2, 0.25) is 5.02 Å². The lowest BCUT2D eigenvalue weighted by atomic mass is 10.1. The zero-order valence-electron chi connectivity index (χ0n) is 13.0. The first-order valence-corrected chi connectivity index (χ1v) is 9.02. The number of amides is 1. The third-order valence-corrected chi connectivity index (χ3v) is 4.86. The minimum Gasteiger partial charge on any atom is -0.322 e. The average molecular weight is 353 g/mol. The lowest BCUT2D eigenvalue weighted by molar-refractivity contribution is 0.102. The molecule has 0 unspecified atom stereocenters. The summed E-state index contributed by atoms with van der Waals surface area (Å²) < 4.78 is 24.3. The Labute approximate surface area is 140 Å². The molecular weight excluding hydrogens is 336 g/mol. The molecule has 122 valence electrons. The predicted molar refractivity (Wildman–Crippen MR) is 93.8 cm³/mol. The molecule has 2 aromatic rings. The molecule has 0 radical (unpaired) electrons. The van der Waals surface area contributed by atoms with E-state index >= 15 is 0 Å². The van der Waals surface area contributed by atoms with Crippen LogP contribution in [0.15, 0.2) is 42.5 Å². The van der Waals surface area contributed by atoms with Crippen molar-refractivity contribution in [3.05, 3.63) is 58.6 Å². The van der Waals surface area contributed by atoms with Crippen LogP contribution in [0.4, 0.5) is 11.4 Å². The van der Waals surface area contributed by atoms with Crippen LogP contribution >= 0.6 is 11.6 Å². The standard InChI is InChI=1S/C16H17ClN2O3S/c1-11-7-8-13(17)10-15(11)18-16(20)12-5-4-6-14(9-12)19(2)23(3,21)22/h4-10H,1-3H3,(H,18,20). The van der Waals surface area contributed by atoms with E-state index in [1.165, 1.54) is 13.1 Å². The van der Waals surface area contributed by atoms with Gasteiger partial charge in [-0.25, -0.2) is 8.42 Å². The van der Waals surface area contributed by atoms with E-state index < -0.39 is 10.0 Å². The number of nitrogens with one attached hydrogen (secondary N) is 1. The van der Waals surface area contributed by atoms with Crippen LogP contribution in [0.25, 0.3) is 0 Å². The second-order valence-electron chi connectivity index (χ2n) is 5.19. The highest BCUT2D eigenvalue weighted by molar-refractivity contribution is 7.92. The molecule has 2 aromatic carbocycles. The number of halogens is 1. The predicted octanol–water partition coefficient (Wildman–Crippen LogP) is 3.30. The molecule has 0 bridgehead atoms. The lowest BCUT2D eigenvalue weighted by Crippen LogP contribution is -2.25. The number of sulfonamides is 1. The molecule has 2 rings (SSSR count). The van der Waals surface area contributed by atoms with E-state index in [1.54, 1.807) is 30.3 Å². The molecule has 0 aliphatic carbocycles. The van der Waals surface area contributed by atoms with Crippen molar-refractivity contribution in [2.24, 2.45) is 0 Å². The van der Waals surface area contributed by atoms with Gasteiger partial charge in [-0.05, 0) is 42.8 Å². The van der Waals surface area contributed by atoms with E-state index in [1.807, 2.05) is 13.0 Å². The molecule has 0 fully saturated rings. The van der Waals surface area contributed by atoms with Gasteiger partial charge in [0, 0.05) is 23.3 Å². The molecule has 0 heterocycles. The van der Waals surface area contributed by atoms with Gasteiger partial charge in [0.25, 0.3) is 5.91 Å². The third-order valence-electron chi connectivity index (χ3n) is 3.42. The summed E-state index contributed by atoms with van der Waals surface area (Å²) >= 11 is 5.94. The Bertz CT molecular complexity index is 850. The summed E-state index contributed by atoms with van der Waals surface area (Å²) in [6, 6.07) is 11.6. The molecule has 23 heavy (non-hydrogen) atoms. The second kappa shape index (κ2) is 6.60. The summed E-state index contributed by atoms with van der Waals surface area (Å²) in [6.45, 7) is 1.86. The van der Waals surface area contributed by atoms with Crippen molar-refractivity contribution < 1.29 is 13.2 Å². The molecule has 0 aromatic heterocycles. The fraction of sp³-hybridized carbons (Fsp3) is 0.188. The third kappa shape index (κ3) is 4.24. The summed E-state index contributed by atoms with van der Waals surface area (Å²) in [7, 11) is -1.95. The minimum absolute atomic E-state index is 0.334. The normalized spacial score (nSPS) is 11.1. The van der Waals surface area contributed by atoms with Crippen molar-refractivity contribution in [2.75, 3.05) is 22.9 Å². The Morgan fingerprint density at radius 2 is 1.87 bits per heavy atom. The Morgan fingerprint density at radius 1 is 1.17 bits per heavy atom. The van der Waals surface area contributed by atoms with Gasteiger partial charge in [-0.15, -0.1) is 0 Å². The van der Waals surface area contributed by atoms with E-state index in [0.29, 0.717) is 22.0 Å². The van der Waals surface area contributed by atoms with Gasteiger partial charge in [-0.1, -0.05) is 23.7 Å². The number of carbonyl (C=O) groups excluding carboxylic acids is 1. The number of hydrogen-bond acceptors (Lipinski definition) is 3. The van der Waals surface area contributed by atoms with Gasteiger partial charge in [-0.3, -0.25) is 9.10 Å². The van der Waals surface area contributed by atoms with E-state index in [9.17, 15) is 13.2 Å². The van der Waals surface area contributed by atoms with Crippen molar-refractivity contribution in [2.45, 2.75) is 6.92 Å². The Balaban J connectivity index is 2.28. The number of aryl methyl sites for hydroxylation is 1. The first-order chi connectivity index (χ1) is 10.7. The van der Waals surface area contributed by atoms with Crippen LogP contribution in [-0.4, -0.2) is 27.6 Å². The molecule has 5 nitrogen and oxygen atoms in total. The molecule has 7 heteroatoms. The van der Waals surface area contributed by atoms with Crippen molar-refractivity contribution in [3.8, 4) is 0 Å². The Kier molecular flexibility index (Phi) is 4.97. The molecule has 0 aliphatic heterocycles. The summed E-state index contributed by atoms with van der Waals surface area (Å²) in [5.41, 5.74) is 2.27. The molecule has 0 spiro atoms. The highest BCUT2D eigenvalue weighted by Crippen LogP contribution is 2.22. The molecular formula is C16H17ClN2O3S. The van der Waals surface area contributed by atoms with Gasteiger partial charge in [-0.2, -0.15) is 0 Å². The maximum absolute atomic E-state index is 12.4. The van der Waals surface area contributed by atoms with Crippen LogP contribution in [0.1, 0.15) is 15.9 Å². The van der Waals surface area contributed by atoms with E-state index in [0.717, 1.165) is 16.1 Å². The molecule has 1 amide bonds. The van der Waals surface area contributed by atoms with E-state index in [4.69, 9.17) is 11.6 Å². The van der Waals surface area contributed by atoms with Crippen LogP contribution < -0.4 is 9.62 Å². The minimum atomic E-state index is -3.39. The van der Waals surface area contributed by atoms with Crippen LogP contribution in [0, 0.1) is 6.92 Å². The summed E-state index contributed by atoms with van der Waals surface area (Å²) in [5.74, 6) is -0.334. The van der Waals surface area contributed by atoms with Gasteiger partial charge in [0.15, 0.2) is 0 Å². The summed E-state index contributed by atoms with van der Waals surface area (Å²) in [5, 5.41) is 3.31. The highest BCUT2D eigenvalue weighted by Gasteiger charge is 2.14. The summed E-state index contributed by atoms with van der Waals surface area (Å²) in [6.07, 6.45) is 1.11. The van der Waals surface area contributed by atoms with Crippen LogP contribution in [-0.2, 0) is 10.0 Å². The van der Waals surface area contributed by atoms with Crippen molar-refractivity contribution >= 4 is 38.9 Å². The van der Waals surface area contributed by atoms with E-state index in [-0.39, 0.29) is 5.91 Å². The van der Waals surface area contributed by atoms with Crippen molar-refractivity contribution in [1.29, 1.82) is 0 Å². The first-order valence-electron chi connectivity index (χ1n) is 6.80. The molecule has 0 saturated carbocycles. The SMILES string of the molecule is Cc1ccc(Cl)cc1NC(=O)c1cccc(N(C)S(C)(=O)=O)c1. The Hall–Kier alpha value is -2.05. The molecule has 0 aliphatic rings. The number of carbonyl (C=O) groups is 1. The topological polar surface area (TPSA) is 66.5 Å². The molecule has 0 atom stereocenters. The fourth-order valence-electron chi connectivity index (χ4n) is 1.96. The lowest BCUT2D eigenvalue weighted by Gasteiger charge is -2.17. The molecule has 0 saturated heterocycles. The quantitative estimate of drug-likeness (QED) is 0.918.